The Morgan fingerprint density at radius 2 is 1.79 bits per heavy atom. The van der Waals surface area contributed by atoms with E-state index in [0.717, 1.165) is 11.3 Å². The Labute approximate surface area is 170 Å². The molecular weight excluding hydrogens is 378 g/mol. The molecule has 2 aromatic carbocycles. The van der Waals surface area contributed by atoms with Gasteiger partial charge in [0.15, 0.2) is 6.61 Å². The fourth-order valence-electron chi connectivity index (χ4n) is 3.02. The number of nitrogens with one attached hydrogen (secondary N) is 1. The van der Waals surface area contributed by atoms with Gasteiger partial charge >= 0.3 is 0 Å². The van der Waals surface area contributed by atoms with Crippen LogP contribution in [0.15, 0.2) is 48.5 Å². The Morgan fingerprint density at radius 1 is 1.07 bits per heavy atom. The fraction of sp³-hybridized carbons (Fsp3) is 0.333. The summed E-state index contributed by atoms with van der Waals surface area (Å²) in [5.41, 5.74) is 1.70. The smallest absolute Gasteiger partial charge is 0.260 e. The predicted molar refractivity (Wildman–Crippen MR) is 110 cm³/mol. The summed E-state index contributed by atoms with van der Waals surface area (Å²) < 4.78 is 5.59. The summed E-state index contributed by atoms with van der Waals surface area (Å²) in [6, 6.07) is 14.7. The maximum atomic E-state index is 12.4. The van der Waals surface area contributed by atoms with Crippen molar-refractivity contribution in [1.29, 1.82) is 0 Å². The minimum Gasteiger partial charge on any atom is -0.484 e. The van der Waals surface area contributed by atoms with E-state index in [1.807, 2.05) is 48.2 Å². The molecular formula is C21H24ClN3O3. The zero-order valence-corrected chi connectivity index (χ0v) is 16.6. The summed E-state index contributed by atoms with van der Waals surface area (Å²) in [7, 11) is 0. The fourth-order valence-corrected chi connectivity index (χ4v) is 3.14. The van der Waals surface area contributed by atoms with Crippen LogP contribution in [0, 0.1) is 6.92 Å². The highest BCUT2D eigenvalue weighted by Gasteiger charge is 2.22. The standard InChI is InChI=1S/C21H24ClN3O3/c1-16-13-18(7-8-19(16)22)28-15-21(27)25-11-9-24(10-12-25)14-20(26)23-17-5-3-2-4-6-17/h2-8,13H,9-12,14-15H2,1H3,(H,23,26). The second kappa shape index (κ2) is 9.57. The number of anilines is 1. The Kier molecular flexibility index (Phi) is 6.90. The lowest BCUT2D eigenvalue weighted by molar-refractivity contribution is -0.135. The third-order valence-corrected chi connectivity index (χ3v) is 5.07. The third kappa shape index (κ3) is 5.71. The van der Waals surface area contributed by atoms with Crippen molar-refractivity contribution in [3.63, 3.8) is 0 Å². The normalized spacial score (nSPS) is 14.6. The summed E-state index contributed by atoms with van der Waals surface area (Å²) in [5, 5.41) is 3.55. The molecule has 28 heavy (non-hydrogen) atoms. The van der Waals surface area contributed by atoms with E-state index in [9.17, 15) is 9.59 Å². The van der Waals surface area contributed by atoms with E-state index in [2.05, 4.69) is 5.32 Å². The van der Waals surface area contributed by atoms with Crippen LogP contribution in [0.4, 0.5) is 5.69 Å². The molecule has 7 heteroatoms. The van der Waals surface area contributed by atoms with Gasteiger partial charge in [0.05, 0.1) is 6.54 Å². The summed E-state index contributed by atoms with van der Waals surface area (Å²) >= 11 is 6.00. The molecule has 2 amide bonds. The number of benzene rings is 2. The highest BCUT2D eigenvalue weighted by molar-refractivity contribution is 6.31. The summed E-state index contributed by atoms with van der Waals surface area (Å²) in [6.45, 7) is 4.69. The van der Waals surface area contributed by atoms with Crippen LogP contribution < -0.4 is 10.1 Å². The number of carbonyl (C=O) groups is 2. The minimum atomic E-state index is -0.0546. The van der Waals surface area contributed by atoms with Crippen LogP contribution in [0.25, 0.3) is 0 Å². The quantitative estimate of drug-likeness (QED) is 0.808. The number of piperazine rings is 1. The van der Waals surface area contributed by atoms with Gasteiger partial charge in [0.25, 0.3) is 5.91 Å². The molecule has 0 aliphatic carbocycles. The molecule has 1 saturated heterocycles. The third-order valence-electron chi connectivity index (χ3n) is 4.64. The summed E-state index contributed by atoms with van der Waals surface area (Å²) in [5.74, 6) is 0.528. The van der Waals surface area contributed by atoms with E-state index in [0.29, 0.717) is 43.5 Å². The van der Waals surface area contributed by atoms with Gasteiger partial charge in [-0.1, -0.05) is 29.8 Å². The van der Waals surface area contributed by atoms with Gasteiger partial charge in [-0.25, -0.2) is 0 Å². The lowest BCUT2D eigenvalue weighted by Gasteiger charge is -2.34. The largest absolute Gasteiger partial charge is 0.484 e. The summed E-state index contributed by atoms with van der Waals surface area (Å²) in [4.78, 5) is 28.3. The first-order valence-corrected chi connectivity index (χ1v) is 9.63. The first kappa shape index (κ1) is 20.2. The van der Waals surface area contributed by atoms with Gasteiger partial charge in [0.2, 0.25) is 5.91 Å². The molecule has 0 unspecified atom stereocenters. The number of ether oxygens (including phenoxy) is 1. The van der Waals surface area contributed by atoms with Crippen molar-refractivity contribution in [2.75, 3.05) is 44.6 Å². The Morgan fingerprint density at radius 3 is 2.46 bits per heavy atom. The molecule has 1 N–H and O–H groups in total. The zero-order chi connectivity index (χ0) is 19.9. The Hall–Kier alpha value is -2.57. The molecule has 148 valence electrons. The van der Waals surface area contributed by atoms with Crippen LogP contribution in [0.5, 0.6) is 5.75 Å². The van der Waals surface area contributed by atoms with Gasteiger partial charge in [-0.3, -0.25) is 14.5 Å². The molecule has 1 aliphatic rings. The number of carbonyl (C=O) groups excluding carboxylic acids is 2. The molecule has 1 heterocycles. The average molecular weight is 402 g/mol. The van der Waals surface area contributed by atoms with E-state index in [-0.39, 0.29) is 18.4 Å². The van der Waals surface area contributed by atoms with Crippen molar-refractivity contribution in [3.05, 3.63) is 59.1 Å². The van der Waals surface area contributed by atoms with E-state index in [1.54, 1.807) is 17.0 Å². The number of nitrogens with zero attached hydrogens (tertiary/aromatic N) is 2. The number of amides is 2. The highest BCUT2D eigenvalue weighted by atomic mass is 35.5. The van der Waals surface area contributed by atoms with Gasteiger partial charge in [-0.2, -0.15) is 0 Å². The first-order valence-electron chi connectivity index (χ1n) is 9.25. The maximum Gasteiger partial charge on any atom is 0.260 e. The number of hydrogen-bond acceptors (Lipinski definition) is 4. The van der Waals surface area contributed by atoms with E-state index in [1.165, 1.54) is 0 Å². The van der Waals surface area contributed by atoms with E-state index < -0.39 is 0 Å². The second-order valence-corrected chi connectivity index (χ2v) is 7.18. The van der Waals surface area contributed by atoms with Gasteiger partial charge in [0, 0.05) is 36.9 Å². The second-order valence-electron chi connectivity index (χ2n) is 6.77. The van der Waals surface area contributed by atoms with Crippen LogP contribution in [0.3, 0.4) is 0 Å². The molecule has 0 radical (unpaired) electrons. The SMILES string of the molecule is Cc1cc(OCC(=O)N2CCN(CC(=O)Nc3ccccc3)CC2)ccc1Cl. The number of halogens is 1. The number of aryl methyl sites for hydroxylation is 1. The lowest BCUT2D eigenvalue weighted by Crippen LogP contribution is -2.51. The number of rotatable bonds is 6. The molecule has 0 bridgehead atoms. The maximum absolute atomic E-state index is 12.4. The molecule has 3 rings (SSSR count). The van der Waals surface area contributed by atoms with Crippen LogP contribution >= 0.6 is 11.6 Å². The first-order chi connectivity index (χ1) is 13.5. The Bertz CT molecular complexity index is 821. The molecule has 0 saturated carbocycles. The van der Waals surface area contributed by atoms with E-state index >= 15 is 0 Å². The van der Waals surface area contributed by atoms with Crippen molar-refractivity contribution in [3.8, 4) is 5.75 Å². The molecule has 2 aromatic rings. The van der Waals surface area contributed by atoms with Crippen LogP contribution in [0.2, 0.25) is 5.02 Å². The molecule has 0 spiro atoms. The van der Waals surface area contributed by atoms with Crippen molar-refractivity contribution >= 4 is 29.1 Å². The van der Waals surface area contributed by atoms with Gasteiger partial charge < -0.3 is 15.0 Å². The molecule has 0 atom stereocenters. The van der Waals surface area contributed by atoms with Crippen LogP contribution in [-0.4, -0.2) is 60.9 Å². The topological polar surface area (TPSA) is 61.9 Å². The van der Waals surface area contributed by atoms with Gasteiger partial charge in [-0.15, -0.1) is 0 Å². The monoisotopic (exact) mass is 401 g/mol. The van der Waals surface area contributed by atoms with Crippen molar-refractivity contribution in [1.82, 2.24) is 9.80 Å². The molecule has 1 aliphatic heterocycles. The summed E-state index contributed by atoms with van der Waals surface area (Å²) in [6.07, 6.45) is 0. The molecule has 6 nitrogen and oxygen atoms in total. The van der Waals surface area contributed by atoms with Crippen LogP contribution in [0.1, 0.15) is 5.56 Å². The van der Waals surface area contributed by atoms with E-state index in [4.69, 9.17) is 16.3 Å². The highest BCUT2D eigenvalue weighted by Crippen LogP contribution is 2.21. The van der Waals surface area contributed by atoms with Crippen molar-refractivity contribution in [2.24, 2.45) is 0 Å². The van der Waals surface area contributed by atoms with Crippen LogP contribution in [-0.2, 0) is 9.59 Å². The number of para-hydroxylation sites is 1. The lowest BCUT2D eigenvalue weighted by atomic mass is 10.2. The molecule has 0 aromatic heterocycles. The predicted octanol–water partition coefficient (Wildman–Crippen LogP) is 2.81. The minimum absolute atomic E-state index is 0.00440. The Balaban J connectivity index is 1.40. The number of hydrogen-bond donors (Lipinski definition) is 1. The van der Waals surface area contributed by atoms with Crippen molar-refractivity contribution < 1.29 is 14.3 Å². The van der Waals surface area contributed by atoms with Gasteiger partial charge in [0.1, 0.15) is 5.75 Å². The zero-order valence-electron chi connectivity index (χ0n) is 15.9. The molecule has 1 fully saturated rings. The van der Waals surface area contributed by atoms with Gasteiger partial charge in [-0.05, 0) is 42.8 Å². The van der Waals surface area contributed by atoms with Crippen molar-refractivity contribution in [2.45, 2.75) is 6.92 Å². The average Bonchev–Trinajstić information content (AvgIpc) is 2.70.